The molecule has 0 aromatic rings. The molecule has 1 aliphatic heterocycles. The summed E-state index contributed by atoms with van der Waals surface area (Å²) in [4.78, 5) is 39.7. The standard InChI is InChI=1S/C24H35NO5/c1-12(2)8-17-21-15(5)14(4)10-16-9-13(3)6-7-18(26)22(29)19(27)11-20(28)24(16,21)23(30)25-17/h9-10,12,15-19,21,26-27H,6-8,11H2,1-5H3,(H,25,30)/b13-9+/t15-,16+,17-,18+,19-,21+,24-/m1/s1. The van der Waals surface area contributed by atoms with E-state index in [9.17, 15) is 24.6 Å². The van der Waals surface area contributed by atoms with E-state index in [1.165, 1.54) is 0 Å². The Bertz CT molecular complexity index is 797. The van der Waals surface area contributed by atoms with Crippen LogP contribution in [0.25, 0.3) is 0 Å². The highest BCUT2D eigenvalue weighted by molar-refractivity contribution is 6.10. The molecular formula is C24H35NO5. The fourth-order valence-corrected chi connectivity index (χ4v) is 5.77. The first-order valence-corrected chi connectivity index (χ1v) is 11.1. The van der Waals surface area contributed by atoms with E-state index in [0.717, 1.165) is 17.6 Å². The number of ketones is 2. The zero-order chi connectivity index (χ0) is 22.4. The van der Waals surface area contributed by atoms with Crippen LogP contribution in [0.5, 0.6) is 0 Å². The van der Waals surface area contributed by atoms with E-state index in [1.807, 2.05) is 26.0 Å². The smallest absolute Gasteiger partial charge is 0.235 e. The lowest BCUT2D eigenvalue weighted by molar-refractivity contribution is -0.149. The average Bonchev–Trinajstić information content (AvgIpc) is 2.94. The summed E-state index contributed by atoms with van der Waals surface area (Å²) in [6.07, 6.45) is 2.04. The number of amides is 1. The van der Waals surface area contributed by atoms with Gasteiger partial charge in [-0.05, 0) is 44.9 Å². The monoisotopic (exact) mass is 417 g/mol. The van der Waals surface area contributed by atoms with Gasteiger partial charge in [-0.3, -0.25) is 14.4 Å². The van der Waals surface area contributed by atoms with Gasteiger partial charge in [0.2, 0.25) is 5.91 Å². The predicted molar refractivity (Wildman–Crippen MR) is 113 cm³/mol. The summed E-state index contributed by atoms with van der Waals surface area (Å²) in [5, 5.41) is 23.7. The van der Waals surface area contributed by atoms with E-state index in [0.29, 0.717) is 12.3 Å². The largest absolute Gasteiger partial charge is 0.385 e. The van der Waals surface area contributed by atoms with Crippen LogP contribution in [-0.4, -0.2) is 45.9 Å². The Morgan fingerprint density at radius 3 is 2.43 bits per heavy atom. The second kappa shape index (κ2) is 8.39. The molecule has 6 heteroatoms. The van der Waals surface area contributed by atoms with Gasteiger partial charge >= 0.3 is 0 Å². The van der Waals surface area contributed by atoms with Crippen molar-refractivity contribution in [2.75, 3.05) is 0 Å². The molecule has 3 rings (SSSR count). The van der Waals surface area contributed by atoms with Crippen molar-refractivity contribution in [3.8, 4) is 0 Å². The Morgan fingerprint density at radius 2 is 1.80 bits per heavy atom. The van der Waals surface area contributed by atoms with E-state index in [1.54, 1.807) is 0 Å². The average molecular weight is 418 g/mol. The zero-order valence-corrected chi connectivity index (χ0v) is 18.6. The molecule has 30 heavy (non-hydrogen) atoms. The molecule has 6 nitrogen and oxygen atoms in total. The van der Waals surface area contributed by atoms with Gasteiger partial charge in [-0.1, -0.05) is 44.1 Å². The number of Topliss-reactive ketones (excluding diaryl/α,β-unsaturated/α-hetero) is 2. The highest BCUT2D eigenvalue weighted by atomic mass is 16.3. The summed E-state index contributed by atoms with van der Waals surface area (Å²) in [5.74, 6) is -1.75. The summed E-state index contributed by atoms with van der Waals surface area (Å²) in [6, 6.07) is -0.139. The summed E-state index contributed by atoms with van der Waals surface area (Å²) in [6.45, 7) is 10.2. The number of aliphatic hydroxyl groups excluding tert-OH is 2. The van der Waals surface area contributed by atoms with Gasteiger partial charge in [0, 0.05) is 24.3 Å². The maximum Gasteiger partial charge on any atom is 0.235 e. The molecule has 1 fully saturated rings. The molecule has 166 valence electrons. The molecular weight excluding hydrogens is 382 g/mol. The Kier molecular flexibility index (Phi) is 6.40. The van der Waals surface area contributed by atoms with Gasteiger partial charge in [0.1, 0.15) is 17.6 Å². The molecule has 0 unspecified atom stereocenters. The summed E-state index contributed by atoms with van der Waals surface area (Å²) >= 11 is 0. The van der Waals surface area contributed by atoms with Crippen molar-refractivity contribution in [3.05, 3.63) is 23.3 Å². The predicted octanol–water partition coefficient (Wildman–Crippen LogP) is 2.34. The zero-order valence-electron chi connectivity index (χ0n) is 18.6. The van der Waals surface area contributed by atoms with E-state index in [2.05, 4.69) is 26.1 Å². The first-order chi connectivity index (χ1) is 14.0. The topological polar surface area (TPSA) is 104 Å². The van der Waals surface area contributed by atoms with E-state index >= 15 is 0 Å². The highest BCUT2D eigenvalue weighted by Crippen LogP contribution is 2.55. The van der Waals surface area contributed by atoms with Crippen molar-refractivity contribution >= 4 is 17.5 Å². The van der Waals surface area contributed by atoms with Crippen molar-refractivity contribution in [1.29, 1.82) is 0 Å². The molecule has 0 radical (unpaired) electrons. The number of carbonyl (C=O) groups is 3. The molecule has 1 heterocycles. The number of rotatable bonds is 2. The molecule has 0 bridgehead atoms. The van der Waals surface area contributed by atoms with Crippen LogP contribution in [0.2, 0.25) is 0 Å². The normalized spacial score (nSPS) is 41.9. The van der Waals surface area contributed by atoms with Crippen LogP contribution in [-0.2, 0) is 14.4 Å². The van der Waals surface area contributed by atoms with Crippen molar-refractivity contribution in [2.24, 2.45) is 29.1 Å². The molecule has 1 amide bonds. The molecule has 0 aromatic heterocycles. The van der Waals surface area contributed by atoms with Crippen molar-refractivity contribution in [2.45, 2.75) is 78.6 Å². The maximum atomic E-state index is 13.7. The molecule has 0 saturated carbocycles. The minimum absolute atomic E-state index is 0.0187. The third kappa shape index (κ3) is 3.69. The molecule has 0 aromatic carbocycles. The van der Waals surface area contributed by atoms with Gasteiger partial charge in [-0.2, -0.15) is 0 Å². The van der Waals surface area contributed by atoms with Crippen LogP contribution in [0, 0.1) is 29.1 Å². The van der Waals surface area contributed by atoms with Gasteiger partial charge in [0.05, 0.1) is 0 Å². The van der Waals surface area contributed by atoms with Crippen molar-refractivity contribution < 1.29 is 24.6 Å². The van der Waals surface area contributed by atoms with E-state index in [-0.39, 0.29) is 30.2 Å². The number of allylic oxidation sites excluding steroid dienone is 4. The molecule has 1 saturated heterocycles. The lowest BCUT2D eigenvalue weighted by atomic mass is 9.54. The fourth-order valence-electron chi connectivity index (χ4n) is 5.77. The van der Waals surface area contributed by atoms with Crippen LogP contribution in [0.3, 0.4) is 0 Å². The Morgan fingerprint density at radius 1 is 1.13 bits per heavy atom. The van der Waals surface area contributed by atoms with Gasteiger partial charge in [-0.15, -0.1) is 0 Å². The number of hydrogen-bond acceptors (Lipinski definition) is 5. The lowest BCUT2D eigenvalue weighted by Crippen LogP contribution is -2.53. The van der Waals surface area contributed by atoms with Crippen molar-refractivity contribution in [1.82, 2.24) is 5.32 Å². The van der Waals surface area contributed by atoms with Crippen LogP contribution < -0.4 is 5.32 Å². The van der Waals surface area contributed by atoms with E-state index < -0.39 is 41.5 Å². The van der Waals surface area contributed by atoms with Crippen LogP contribution >= 0.6 is 0 Å². The number of nitrogens with one attached hydrogen (secondary N) is 1. The van der Waals surface area contributed by atoms with Gasteiger partial charge < -0.3 is 15.5 Å². The Labute approximate surface area is 178 Å². The Hall–Kier alpha value is -1.79. The van der Waals surface area contributed by atoms with E-state index in [4.69, 9.17) is 0 Å². The molecule has 2 aliphatic carbocycles. The van der Waals surface area contributed by atoms with Crippen molar-refractivity contribution in [3.63, 3.8) is 0 Å². The maximum absolute atomic E-state index is 13.7. The highest BCUT2D eigenvalue weighted by Gasteiger charge is 2.65. The number of aliphatic hydroxyl groups is 2. The number of hydrogen-bond donors (Lipinski definition) is 3. The Balaban J connectivity index is 2.19. The van der Waals surface area contributed by atoms with Crippen LogP contribution in [0.15, 0.2) is 23.3 Å². The first-order valence-electron chi connectivity index (χ1n) is 11.1. The van der Waals surface area contributed by atoms with Crippen LogP contribution in [0.1, 0.15) is 60.3 Å². The molecule has 3 N–H and O–H groups in total. The second-order valence-corrected chi connectivity index (χ2v) is 9.94. The van der Waals surface area contributed by atoms with Gasteiger partial charge in [0.25, 0.3) is 0 Å². The minimum Gasteiger partial charge on any atom is -0.385 e. The third-order valence-corrected chi connectivity index (χ3v) is 7.38. The van der Waals surface area contributed by atoms with Crippen LogP contribution in [0.4, 0.5) is 0 Å². The molecule has 7 atom stereocenters. The summed E-state index contributed by atoms with van der Waals surface area (Å²) < 4.78 is 0. The number of carbonyl (C=O) groups excluding carboxylic acids is 3. The van der Waals surface area contributed by atoms with Gasteiger partial charge in [0.15, 0.2) is 11.6 Å². The lowest BCUT2D eigenvalue weighted by Gasteiger charge is -2.45. The summed E-state index contributed by atoms with van der Waals surface area (Å²) in [7, 11) is 0. The molecule has 3 aliphatic rings. The quantitative estimate of drug-likeness (QED) is 0.473. The third-order valence-electron chi connectivity index (χ3n) is 7.38. The minimum atomic E-state index is -1.60. The molecule has 1 spiro atoms. The SMILES string of the molecule is CC1=C[C@@H]2/C=C(\C)CC[C@H](O)C(=O)[C@H](O)CC(=O)[C@]23C(=O)N[C@H](CC(C)C)[C@@H]3[C@@H]1C. The fraction of sp³-hybridized carbons (Fsp3) is 0.708. The van der Waals surface area contributed by atoms with Gasteiger partial charge in [-0.25, -0.2) is 0 Å². The second-order valence-electron chi connectivity index (χ2n) is 9.94. The first kappa shape index (κ1) is 22.9. The summed E-state index contributed by atoms with van der Waals surface area (Å²) in [5.41, 5.74) is 0.734.